The van der Waals surface area contributed by atoms with Crippen LogP contribution >= 0.6 is 0 Å². The van der Waals surface area contributed by atoms with E-state index in [9.17, 15) is 9.59 Å². The van der Waals surface area contributed by atoms with Gasteiger partial charge >= 0.3 is 0 Å². The Bertz CT molecular complexity index is 674. The molecule has 0 radical (unpaired) electrons. The second-order valence-corrected chi connectivity index (χ2v) is 8.65. The third kappa shape index (κ3) is 5.10. The molecule has 0 saturated carbocycles. The topological polar surface area (TPSA) is 61.9 Å². The second kappa shape index (κ2) is 9.61. The lowest BCUT2D eigenvalue weighted by molar-refractivity contribution is -0.141. The Morgan fingerprint density at radius 2 is 1.52 bits per heavy atom. The number of benzene rings is 1. The fraction of sp³-hybridized carbons (Fsp3) is 0.652. The smallest absolute Gasteiger partial charge is 0.225 e. The summed E-state index contributed by atoms with van der Waals surface area (Å²) in [6.07, 6.45) is 4.21. The second-order valence-electron chi connectivity index (χ2n) is 8.65. The molecule has 158 valence electrons. The standard InChI is InChI=1S/C23H33N3O3/c27-22(10-15-29-21-4-2-1-3-5-21)25-11-6-18(7-12-25)23(28)26-13-8-19-16-24-17-20(19)9-14-26/h1-5,18-20,24H,6-17H2/t19-,20+. The van der Waals surface area contributed by atoms with E-state index in [1.807, 2.05) is 35.2 Å². The number of fused-ring (bicyclic) bond motifs is 1. The minimum atomic E-state index is 0.0793. The summed E-state index contributed by atoms with van der Waals surface area (Å²) in [6, 6.07) is 9.58. The SMILES string of the molecule is O=C(CCOc1ccccc1)N1CCC(C(=O)N2CC[C@@H]3CNC[C@@H]3CC2)CC1. The number of nitrogens with one attached hydrogen (secondary N) is 1. The molecular formula is C23H33N3O3. The van der Waals surface area contributed by atoms with Crippen LogP contribution in [0.15, 0.2) is 30.3 Å². The van der Waals surface area contributed by atoms with Crippen molar-refractivity contribution in [1.82, 2.24) is 15.1 Å². The van der Waals surface area contributed by atoms with Gasteiger partial charge in [-0.25, -0.2) is 0 Å². The molecule has 3 aliphatic rings. The first-order valence-electron chi connectivity index (χ1n) is 11.2. The van der Waals surface area contributed by atoms with Crippen molar-refractivity contribution in [3.63, 3.8) is 0 Å². The quantitative estimate of drug-likeness (QED) is 0.824. The van der Waals surface area contributed by atoms with Gasteiger partial charge in [0.05, 0.1) is 13.0 Å². The van der Waals surface area contributed by atoms with Crippen LogP contribution < -0.4 is 10.1 Å². The lowest BCUT2D eigenvalue weighted by Gasteiger charge is -2.34. The Morgan fingerprint density at radius 3 is 2.17 bits per heavy atom. The highest BCUT2D eigenvalue weighted by Crippen LogP contribution is 2.29. The van der Waals surface area contributed by atoms with Crippen LogP contribution in [0.1, 0.15) is 32.1 Å². The number of carbonyl (C=O) groups is 2. The molecule has 29 heavy (non-hydrogen) atoms. The molecule has 3 saturated heterocycles. The van der Waals surface area contributed by atoms with E-state index in [2.05, 4.69) is 10.2 Å². The summed E-state index contributed by atoms with van der Waals surface area (Å²) in [5.74, 6) is 2.80. The number of nitrogens with zero attached hydrogens (tertiary/aromatic N) is 2. The average molecular weight is 400 g/mol. The molecule has 1 N–H and O–H groups in total. The molecule has 0 bridgehead atoms. The van der Waals surface area contributed by atoms with E-state index in [0.717, 1.165) is 69.4 Å². The van der Waals surface area contributed by atoms with Crippen molar-refractivity contribution in [2.45, 2.75) is 32.1 Å². The number of hydrogen-bond acceptors (Lipinski definition) is 4. The van der Waals surface area contributed by atoms with Gasteiger partial charge in [-0.2, -0.15) is 0 Å². The highest BCUT2D eigenvalue weighted by atomic mass is 16.5. The van der Waals surface area contributed by atoms with E-state index >= 15 is 0 Å². The van der Waals surface area contributed by atoms with Crippen molar-refractivity contribution < 1.29 is 14.3 Å². The lowest BCUT2D eigenvalue weighted by atomic mass is 9.92. The molecule has 3 aliphatic heterocycles. The highest BCUT2D eigenvalue weighted by molar-refractivity contribution is 5.80. The van der Waals surface area contributed by atoms with Gasteiger partial charge in [-0.15, -0.1) is 0 Å². The van der Waals surface area contributed by atoms with Crippen LogP contribution in [0.25, 0.3) is 0 Å². The molecule has 6 heteroatoms. The van der Waals surface area contributed by atoms with Gasteiger partial charge in [0.15, 0.2) is 0 Å². The number of para-hydroxylation sites is 1. The molecule has 0 spiro atoms. The Kier molecular flexibility index (Phi) is 6.70. The first kappa shape index (κ1) is 20.2. The summed E-state index contributed by atoms with van der Waals surface area (Å²) < 4.78 is 5.64. The summed E-state index contributed by atoms with van der Waals surface area (Å²) in [5.41, 5.74) is 0. The fourth-order valence-electron chi connectivity index (χ4n) is 5.00. The van der Waals surface area contributed by atoms with E-state index in [-0.39, 0.29) is 11.8 Å². The van der Waals surface area contributed by atoms with Gasteiger partial charge in [0.2, 0.25) is 11.8 Å². The van der Waals surface area contributed by atoms with E-state index in [1.165, 1.54) is 0 Å². The highest BCUT2D eigenvalue weighted by Gasteiger charge is 2.34. The molecule has 3 heterocycles. The molecule has 6 nitrogen and oxygen atoms in total. The van der Waals surface area contributed by atoms with Gasteiger partial charge in [-0.3, -0.25) is 9.59 Å². The molecule has 0 aliphatic carbocycles. The van der Waals surface area contributed by atoms with Crippen LogP contribution in [-0.4, -0.2) is 67.5 Å². The van der Waals surface area contributed by atoms with Crippen molar-refractivity contribution in [2.75, 3.05) is 45.9 Å². The maximum Gasteiger partial charge on any atom is 0.225 e. The fourth-order valence-corrected chi connectivity index (χ4v) is 5.00. The summed E-state index contributed by atoms with van der Waals surface area (Å²) in [6.45, 7) is 5.79. The number of amides is 2. The molecular weight excluding hydrogens is 366 g/mol. The lowest BCUT2D eigenvalue weighted by Crippen LogP contribution is -2.45. The maximum absolute atomic E-state index is 13.0. The van der Waals surface area contributed by atoms with Gasteiger partial charge in [-0.05, 0) is 62.7 Å². The Labute approximate surface area is 173 Å². The third-order valence-corrected chi connectivity index (χ3v) is 6.86. The van der Waals surface area contributed by atoms with Gasteiger partial charge in [0.25, 0.3) is 0 Å². The largest absolute Gasteiger partial charge is 0.493 e. The molecule has 2 amide bonds. The van der Waals surface area contributed by atoms with Gasteiger partial charge in [-0.1, -0.05) is 18.2 Å². The summed E-state index contributed by atoms with van der Waals surface area (Å²) in [7, 11) is 0. The number of carbonyl (C=O) groups excluding carboxylic acids is 2. The van der Waals surface area contributed by atoms with Crippen molar-refractivity contribution in [3.8, 4) is 5.75 Å². The van der Waals surface area contributed by atoms with Crippen LogP contribution in [0.2, 0.25) is 0 Å². The minimum Gasteiger partial charge on any atom is -0.493 e. The predicted molar refractivity (Wildman–Crippen MR) is 112 cm³/mol. The number of hydrogen-bond donors (Lipinski definition) is 1. The Morgan fingerprint density at radius 1 is 0.897 bits per heavy atom. The first-order chi connectivity index (χ1) is 14.2. The maximum atomic E-state index is 13.0. The van der Waals surface area contributed by atoms with Crippen molar-refractivity contribution >= 4 is 11.8 Å². The molecule has 1 aromatic rings. The van der Waals surface area contributed by atoms with Crippen LogP contribution in [0, 0.1) is 17.8 Å². The van der Waals surface area contributed by atoms with Gasteiger partial charge in [0, 0.05) is 32.1 Å². The van der Waals surface area contributed by atoms with Crippen LogP contribution in [0.5, 0.6) is 5.75 Å². The third-order valence-electron chi connectivity index (χ3n) is 6.86. The van der Waals surface area contributed by atoms with Crippen LogP contribution in [0.4, 0.5) is 0 Å². The average Bonchev–Trinajstić information content (AvgIpc) is 3.12. The number of likely N-dealkylation sites (tertiary alicyclic amines) is 2. The van der Waals surface area contributed by atoms with Gasteiger partial charge in [0.1, 0.15) is 5.75 Å². The zero-order valence-corrected chi connectivity index (χ0v) is 17.2. The normalized spacial score (nSPS) is 25.4. The predicted octanol–water partition coefficient (Wildman–Crippen LogP) is 2.15. The molecule has 1 aromatic carbocycles. The number of ether oxygens (including phenoxy) is 1. The Balaban J connectivity index is 1.18. The molecule has 0 aromatic heterocycles. The van der Waals surface area contributed by atoms with Crippen LogP contribution in [0.3, 0.4) is 0 Å². The summed E-state index contributed by atoms with van der Waals surface area (Å²) >= 11 is 0. The van der Waals surface area contributed by atoms with Crippen molar-refractivity contribution in [2.24, 2.45) is 17.8 Å². The summed E-state index contributed by atoms with van der Waals surface area (Å²) in [5, 5.41) is 3.49. The van der Waals surface area contributed by atoms with Crippen molar-refractivity contribution in [1.29, 1.82) is 0 Å². The minimum absolute atomic E-state index is 0.0793. The monoisotopic (exact) mass is 399 g/mol. The molecule has 4 rings (SSSR count). The number of rotatable bonds is 5. The molecule has 2 atom stereocenters. The molecule has 0 unspecified atom stereocenters. The zero-order valence-electron chi connectivity index (χ0n) is 17.2. The van der Waals surface area contributed by atoms with E-state index in [4.69, 9.17) is 4.74 Å². The first-order valence-corrected chi connectivity index (χ1v) is 11.2. The zero-order chi connectivity index (χ0) is 20.1. The molecule has 3 fully saturated rings. The summed E-state index contributed by atoms with van der Waals surface area (Å²) in [4.78, 5) is 29.5. The van der Waals surface area contributed by atoms with E-state index in [0.29, 0.717) is 32.0 Å². The van der Waals surface area contributed by atoms with Crippen LogP contribution in [-0.2, 0) is 9.59 Å². The van der Waals surface area contributed by atoms with E-state index < -0.39 is 0 Å². The van der Waals surface area contributed by atoms with E-state index in [1.54, 1.807) is 0 Å². The van der Waals surface area contributed by atoms with Gasteiger partial charge < -0.3 is 19.9 Å². The number of piperidine rings is 1. The van der Waals surface area contributed by atoms with Crippen molar-refractivity contribution in [3.05, 3.63) is 30.3 Å². The Hall–Kier alpha value is -2.08.